The van der Waals surface area contributed by atoms with Gasteiger partial charge in [0.15, 0.2) is 0 Å². The summed E-state index contributed by atoms with van der Waals surface area (Å²) in [5, 5.41) is 3.42. The molecule has 1 saturated heterocycles. The quantitative estimate of drug-likeness (QED) is 0.772. The highest BCUT2D eigenvalue weighted by atomic mass is 16.5. The molecule has 0 spiro atoms. The molecule has 1 aliphatic rings. The normalized spacial score (nSPS) is 26.4. The molecule has 1 fully saturated rings. The monoisotopic (exact) mass is 191 g/mol. The molecular weight excluding hydrogens is 174 g/mol. The van der Waals surface area contributed by atoms with Gasteiger partial charge in [-0.15, -0.1) is 0 Å². The third-order valence-electron chi connectivity index (χ3n) is 3.06. The van der Waals surface area contributed by atoms with Gasteiger partial charge in [0.1, 0.15) is 5.75 Å². The van der Waals surface area contributed by atoms with E-state index in [1.54, 1.807) is 7.11 Å². The summed E-state index contributed by atoms with van der Waals surface area (Å²) in [4.78, 5) is 0. The van der Waals surface area contributed by atoms with Crippen molar-refractivity contribution >= 4 is 0 Å². The fourth-order valence-electron chi connectivity index (χ4n) is 2.11. The average Bonchev–Trinajstić information content (AvgIpc) is 2.65. The van der Waals surface area contributed by atoms with Crippen LogP contribution in [0.3, 0.4) is 0 Å². The molecule has 1 aromatic carbocycles. The summed E-state index contributed by atoms with van der Waals surface area (Å²) >= 11 is 0. The number of hydrogen-bond donors (Lipinski definition) is 1. The Morgan fingerprint density at radius 3 is 2.43 bits per heavy atom. The SMILES string of the molecule is COc1ccc([C@@H]2CNC[C@@H]2C)cc1. The number of methoxy groups -OCH3 is 1. The summed E-state index contributed by atoms with van der Waals surface area (Å²) in [5.41, 5.74) is 1.42. The van der Waals surface area contributed by atoms with E-state index in [0.717, 1.165) is 24.8 Å². The van der Waals surface area contributed by atoms with E-state index in [1.807, 2.05) is 12.1 Å². The predicted octanol–water partition coefficient (Wildman–Crippen LogP) is 2.02. The van der Waals surface area contributed by atoms with Crippen LogP contribution in [-0.4, -0.2) is 20.2 Å². The van der Waals surface area contributed by atoms with Gasteiger partial charge in [0, 0.05) is 12.5 Å². The Balaban J connectivity index is 2.16. The summed E-state index contributed by atoms with van der Waals surface area (Å²) in [5.74, 6) is 2.34. The van der Waals surface area contributed by atoms with E-state index in [-0.39, 0.29) is 0 Å². The maximum atomic E-state index is 5.14. The lowest BCUT2D eigenvalue weighted by Crippen LogP contribution is -2.07. The summed E-state index contributed by atoms with van der Waals surface area (Å²) in [6.45, 7) is 4.54. The van der Waals surface area contributed by atoms with E-state index in [2.05, 4.69) is 24.4 Å². The molecule has 0 unspecified atom stereocenters. The van der Waals surface area contributed by atoms with Gasteiger partial charge in [0.2, 0.25) is 0 Å². The smallest absolute Gasteiger partial charge is 0.118 e. The molecule has 0 saturated carbocycles. The van der Waals surface area contributed by atoms with Gasteiger partial charge in [-0.1, -0.05) is 19.1 Å². The van der Waals surface area contributed by atoms with E-state index in [4.69, 9.17) is 4.74 Å². The second kappa shape index (κ2) is 4.01. The molecule has 2 atom stereocenters. The van der Waals surface area contributed by atoms with E-state index in [1.165, 1.54) is 5.56 Å². The van der Waals surface area contributed by atoms with Crippen LogP contribution in [0.15, 0.2) is 24.3 Å². The first kappa shape index (κ1) is 9.53. The summed E-state index contributed by atoms with van der Waals surface area (Å²) < 4.78 is 5.14. The van der Waals surface area contributed by atoms with Gasteiger partial charge in [0.05, 0.1) is 7.11 Å². The molecule has 2 heteroatoms. The topological polar surface area (TPSA) is 21.3 Å². The van der Waals surface area contributed by atoms with Gasteiger partial charge in [-0.2, -0.15) is 0 Å². The number of ether oxygens (including phenoxy) is 1. The predicted molar refractivity (Wildman–Crippen MR) is 57.8 cm³/mol. The molecule has 1 aromatic rings. The largest absolute Gasteiger partial charge is 0.497 e. The van der Waals surface area contributed by atoms with Crippen LogP contribution in [0, 0.1) is 5.92 Å². The summed E-state index contributed by atoms with van der Waals surface area (Å²) in [7, 11) is 1.70. The van der Waals surface area contributed by atoms with Crippen LogP contribution < -0.4 is 10.1 Å². The fourth-order valence-corrected chi connectivity index (χ4v) is 2.11. The Hall–Kier alpha value is -1.02. The minimum Gasteiger partial charge on any atom is -0.497 e. The lowest BCUT2D eigenvalue weighted by Gasteiger charge is -2.14. The highest BCUT2D eigenvalue weighted by molar-refractivity contribution is 5.30. The lowest BCUT2D eigenvalue weighted by atomic mass is 9.90. The third-order valence-corrected chi connectivity index (χ3v) is 3.06. The Morgan fingerprint density at radius 2 is 1.93 bits per heavy atom. The van der Waals surface area contributed by atoms with Crippen molar-refractivity contribution in [1.29, 1.82) is 0 Å². The van der Waals surface area contributed by atoms with Gasteiger partial charge in [-0.3, -0.25) is 0 Å². The van der Waals surface area contributed by atoms with Gasteiger partial charge in [-0.05, 0) is 30.2 Å². The van der Waals surface area contributed by atoms with Crippen molar-refractivity contribution in [3.63, 3.8) is 0 Å². The first-order chi connectivity index (χ1) is 6.81. The molecule has 2 nitrogen and oxygen atoms in total. The second-order valence-corrected chi connectivity index (χ2v) is 4.02. The van der Waals surface area contributed by atoms with Gasteiger partial charge < -0.3 is 10.1 Å². The van der Waals surface area contributed by atoms with Crippen molar-refractivity contribution in [2.24, 2.45) is 5.92 Å². The van der Waals surface area contributed by atoms with Crippen molar-refractivity contribution in [2.45, 2.75) is 12.8 Å². The maximum Gasteiger partial charge on any atom is 0.118 e. The Labute approximate surface area is 85.3 Å². The van der Waals surface area contributed by atoms with Crippen LogP contribution in [0.4, 0.5) is 0 Å². The van der Waals surface area contributed by atoms with Crippen LogP contribution in [-0.2, 0) is 0 Å². The molecule has 0 radical (unpaired) electrons. The average molecular weight is 191 g/mol. The van der Waals surface area contributed by atoms with Crippen LogP contribution in [0.2, 0.25) is 0 Å². The number of nitrogens with one attached hydrogen (secondary N) is 1. The molecule has 0 amide bonds. The van der Waals surface area contributed by atoms with Crippen molar-refractivity contribution in [3.05, 3.63) is 29.8 Å². The number of benzene rings is 1. The summed E-state index contributed by atoms with van der Waals surface area (Å²) in [6, 6.07) is 8.43. The zero-order valence-electron chi connectivity index (χ0n) is 8.79. The first-order valence-corrected chi connectivity index (χ1v) is 5.16. The second-order valence-electron chi connectivity index (χ2n) is 4.02. The van der Waals surface area contributed by atoms with Crippen LogP contribution in [0.25, 0.3) is 0 Å². The fraction of sp³-hybridized carbons (Fsp3) is 0.500. The van der Waals surface area contributed by atoms with E-state index in [0.29, 0.717) is 5.92 Å². The molecule has 0 aliphatic carbocycles. The van der Waals surface area contributed by atoms with Gasteiger partial charge >= 0.3 is 0 Å². The third kappa shape index (κ3) is 1.75. The van der Waals surface area contributed by atoms with Crippen molar-refractivity contribution in [3.8, 4) is 5.75 Å². The highest BCUT2D eigenvalue weighted by Gasteiger charge is 2.24. The molecule has 76 valence electrons. The number of hydrogen-bond acceptors (Lipinski definition) is 2. The van der Waals surface area contributed by atoms with E-state index in [9.17, 15) is 0 Å². The molecule has 1 heterocycles. The molecule has 0 aromatic heterocycles. The minimum absolute atomic E-state index is 0.668. The zero-order chi connectivity index (χ0) is 9.97. The maximum absolute atomic E-state index is 5.14. The van der Waals surface area contributed by atoms with E-state index >= 15 is 0 Å². The van der Waals surface area contributed by atoms with Crippen LogP contribution in [0.1, 0.15) is 18.4 Å². The minimum atomic E-state index is 0.668. The zero-order valence-corrected chi connectivity index (χ0v) is 8.79. The molecule has 2 rings (SSSR count). The molecule has 0 bridgehead atoms. The standard InChI is InChI=1S/C12H17NO/c1-9-7-13-8-12(9)10-3-5-11(14-2)6-4-10/h3-6,9,12-13H,7-8H2,1-2H3/t9-,12+/m0/s1. The summed E-state index contributed by atoms with van der Waals surface area (Å²) in [6.07, 6.45) is 0. The highest BCUT2D eigenvalue weighted by Crippen LogP contribution is 2.28. The van der Waals surface area contributed by atoms with E-state index < -0.39 is 0 Å². The Bertz CT molecular complexity index is 294. The molecule has 14 heavy (non-hydrogen) atoms. The van der Waals surface area contributed by atoms with Gasteiger partial charge in [-0.25, -0.2) is 0 Å². The molecule has 1 aliphatic heterocycles. The molecule has 1 N–H and O–H groups in total. The number of rotatable bonds is 2. The van der Waals surface area contributed by atoms with Crippen molar-refractivity contribution in [2.75, 3.05) is 20.2 Å². The van der Waals surface area contributed by atoms with Crippen LogP contribution >= 0.6 is 0 Å². The Kier molecular flexibility index (Phi) is 2.73. The molecular formula is C12H17NO. The first-order valence-electron chi connectivity index (χ1n) is 5.16. The van der Waals surface area contributed by atoms with Crippen LogP contribution in [0.5, 0.6) is 5.75 Å². The van der Waals surface area contributed by atoms with Crippen molar-refractivity contribution < 1.29 is 4.74 Å². The Morgan fingerprint density at radius 1 is 1.21 bits per heavy atom. The van der Waals surface area contributed by atoms with Gasteiger partial charge in [0.25, 0.3) is 0 Å². The van der Waals surface area contributed by atoms with Crippen molar-refractivity contribution in [1.82, 2.24) is 5.32 Å². The lowest BCUT2D eigenvalue weighted by molar-refractivity contribution is 0.414.